The molecule has 1 aromatic rings. The monoisotopic (exact) mass is 229 g/mol. The molecule has 5 heteroatoms. The number of rotatable bonds is 2. The fraction of sp³-hybridized carbons (Fsp3) is 0.500. The summed E-state index contributed by atoms with van der Waals surface area (Å²) in [5, 5.41) is 10.1. The second kappa shape index (κ2) is 3.72. The van der Waals surface area contributed by atoms with Crippen LogP contribution in [0.1, 0.15) is 24.3 Å². The van der Waals surface area contributed by atoms with Gasteiger partial charge in [-0.25, -0.2) is 4.98 Å². The lowest BCUT2D eigenvalue weighted by Gasteiger charge is -2.23. The molecule has 0 saturated carbocycles. The van der Waals surface area contributed by atoms with Gasteiger partial charge in [0.2, 0.25) is 0 Å². The predicted octanol–water partition coefficient (Wildman–Crippen LogP) is 1.62. The van der Waals surface area contributed by atoms with Crippen LogP contribution < -0.4 is 0 Å². The van der Waals surface area contributed by atoms with Crippen LogP contribution in [0.5, 0.6) is 0 Å². The van der Waals surface area contributed by atoms with E-state index in [1.807, 2.05) is 6.92 Å². The first-order chi connectivity index (χ1) is 7.07. The topological polar surface area (TPSA) is 51.6 Å². The van der Waals surface area contributed by atoms with Gasteiger partial charge >= 0.3 is 0 Å². The van der Waals surface area contributed by atoms with Gasteiger partial charge in [-0.2, -0.15) is 0 Å². The summed E-state index contributed by atoms with van der Waals surface area (Å²) in [6.07, 6.45) is 0.577. The summed E-state index contributed by atoms with van der Waals surface area (Å²) in [6.45, 7) is 2.21. The zero-order valence-electron chi connectivity index (χ0n) is 8.53. The third-order valence-corrected chi connectivity index (χ3v) is 2.74. The number of halogens is 1. The summed E-state index contributed by atoms with van der Waals surface area (Å²) < 4.78 is 10.5. The summed E-state index contributed by atoms with van der Waals surface area (Å²) >= 11 is 5.81. The molecule has 2 atom stereocenters. The molecule has 0 spiro atoms. The first-order valence-corrected chi connectivity index (χ1v) is 4.95. The van der Waals surface area contributed by atoms with E-state index in [1.165, 1.54) is 6.20 Å². The normalized spacial score (nSPS) is 29.2. The lowest BCUT2D eigenvalue weighted by Crippen LogP contribution is -2.27. The third-order valence-electron chi connectivity index (χ3n) is 2.53. The Morgan fingerprint density at radius 1 is 1.73 bits per heavy atom. The molecular formula is C10H12ClNO3. The molecule has 1 aromatic heterocycles. The van der Waals surface area contributed by atoms with E-state index in [1.54, 1.807) is 13.2 Å². The van der Waals surface area contributed by atoms with Crippen LogP contribution in [0.15, 0.2) is 12.3 Å². The molecule has 0 fully saturated rings. The smallest absolute Gasteiger partial charge is 0.184 e. The second-order valence-corrected chi connectivity index (χ2v) is 4.12. The first-order valence-electron chi connectivity index (χ1n) is 4.57. The Labute approximate surface area is 92.8 Å². The quantitative estimate of drug-likeness (QED) is 0.783. The van der Waals surface area contributed by atoms with E-state index in [9.17, 15) is 5.11 Å². The molecule has 0 aromatic carbocycles. The Hall–Kier alpha value is -0.680. The second-order valence-electron chi connectivity index (χ2n) is 3.73. The molecule has 1 aliphatic rings. The van der Waals surface area contributed by atoms with Crippen LogP contribution in [0.2, 0.25) is 5.15 Å². The zero-order valence-corrected chi connectivity index (χ0v) is 9.28. The van der Waals surface area contributed by atoms with E-state index < -0.39 is 11.9 Å². The number of aliphatic hydroxyl groups excluding tert-OH is 1. The van der Waals surface area contributed by atoms with Crippen molar-refractivity contribution in [2.24, 2.45) is 0 Å². The van der Waals surface area contributed by atoms with Crippen molar-refractivity contribution in [2.75, 3.05) is 13.7 Å². The minimum Gasteiger partial charge on any atom is -0.381 e. The van der Waals surface area contributed by atoms with Crippen LogP contribution in [0.4, 0.5) is 0 Å². The SMILES string of the molecule is COCC1(C)OC(O)c2cnc(Cl)cc21. The van der Waals surface area contributed by atoms with E-state index in [4.69, 9.17) is 21.1 Å². The molecule has 82 valence electrons. The van der Waals surface area contributed by atoms with Crippen molar-refractivity contribution in [1.82, 2.24) is 4.98 Å². The van der Waals surface area contributed by atoms with Crippen molar-refractivity contribution < 1.29 is 14.6 Å². The van der Waals surface area contributed by atoms with E-state index in [0.29, 0.717) is 17.3 Å². The Bertz CT molecular complexity index is 385. The van der Waals surface area contributed by atoms with E-state index in [0.717, 1.165) is 5.56 Å². The fourth-order valence-corrected chi connectivity index (χ4v) is 2.01. The summed E-state index contributed by atoms with van der Waals surface area (Å²) in [6, 6.07) is 1.70. The molecule has 0 saturated heterocycles. The van der Waals surface area contributed by atoms with Crippen LogP contribution in [-0.2, 0) is 15.1 Å². The summed E-state index contributed by atoms with van der Waals surface area (Å²) in [5.41, 5.74) is 0.826. The minimum atomic E-state index is -0.954. The van der Waals surface area contributed by atoms with Crippen LogP contribution >= 0.6 is 11.6 Å². The van der Waals surface area contributed by atoms with Crippen molar-refractivity contribution in [1.29, 1.82) is 0 Å². The third kappa shape index (κ3) is 1.74. The van der Waals surface area contributed by atoms with E-state index in [2.05, 4.69) is 4.98 Å². The van der Waals surface area contributed by atoms with Crippen molar-refractivity contribution >= 4 is 11.6 Å². The average molecular weight is 230 g/mol. The summed E-state index contributed by atoms with van der Waals surface area (Å²) in [5.74, 6) is 0. The van der Waals surface area contributed by atoms with Crippen LogP contribution in [0.3, 0.4) is 0 Å². The number of hydrogen-bond acceptors (Lipinski definition) is 4. The zero-order chi connectivity index (χ0) is 11.1. The van der Waals surface area contributed by atoms with Gasteiger partial charge in [0.05, 0.1) is 6.61 Å². The Morgan fingerprint density at radius 3 is 3.13 bits per heavy atom. The molecule has 2 rings (SSSR count). The number of fused-ring (bicyclic) bond motifs is 1. The van der Waals surface area contributed by atoms with E-state index >= 15 is 0 Å². The van der Waals surface area contributed by atoms with Crippen molar-refractivity contribution in [2.45, 2.75) is 18.8 Å². The Balaban J connectivity index is 2.47. The molecule has 0 radical (unpaired) electrons. The average Bonchev–Trinajstić information content (AvgIpc) is 2.39. The predicted molar refractivity (Wildman–Crippen MR) is 54.5 cm³/mol. The van der Waals surface area contributed by atoms with Gasteiger partial charge in [-0.1, -0.05) is 11.6 Å². The number of nitrogens with zero attached hydrogens (tertiary/aromatic N) is 1. The Morgan fingerprint density at radius 2 is 2.47 bits per heavy atom. The highest BCUT2D eigenvalue weighted by atomic mass is 35.5. The number of pyridine rings is 1. The van der Waals surface area contributed by atoms with Gasteiger partial charge in [-0.3, -0.25) is 0 Å². The number of methoxy groups -OCH3 is 1. The first kappa shape index (κ1) is 10.8. The highest BCUT2D eigenvalue weighted by molar-refractivity contribution is 6.29. The maximum absolute atomic E-state index is 9.67. The van der Waals surface area contributed by atoms with Gasteiger partial charge < -0.3 is 14.6 Å². The number of aromatic nitrogens is 1. The molecule has 2 heterocycles. The van der Waals surface area contributed by atoms with Gasteiger partial charge in [0.15, 0.2) is 6.29 Å². The highest BCUT2D eigenvalue weighted by Gasteiger charge is 2.41. The number of aliphatic hydroxyl groups is 1. The van der Waals surface area contributed by atoms with Crippen molar-refractivity contribution in [3.05, 3.63) is 28.5 Å². The fourth-order valence-electron chi connectivity index (χ4n) is 1.86. The van der Waals surface area contributed by atoms with Crippen molar-refractivity contribution in [3.63, 3.8) is 0 Å². The van der Waals surface area contributed by atoms with E-state index in [-0.39, 0.29) is 0 Å². The largest absolute Gasteiger partial charge is 0.381 e. The molecule has 4 nitrogen and oxygen atoms in total. The van der Waals surface area contributed by atoms with Gasteiger partial charge in [-0.05, 0) is 18.6 Å². The van der Waals surface area contributed by atoms with Crippen LogP contribution in [0, 0.1) is 0 Å². The van der Waals surface area contributed by atoms with Crippen LogP contribution in [0.25, 0.3) is 0 Å². The molecule has 1 N–H and O–H groups in total. The molecule has 2 unspecified atom stereocenters. The number of hydrogen-bond donors (Lipinski definition) is 1. The standard InChI is InChI=1S/C10H12ClNO3/c1-10(5-14-2)7-3-8(11)12-4-6(7)9(13)15-10/h3-4,9,13H,5H2,1-2H3. The molecule has 0 bridgehead atoms. The van der Waals surface area contributed by atoms with Gasteiger partial charge in [0, 0.05) is 18.9 Å². The molecule has 15 heavy (non-hydrogen) atoms. The molecular weight excluding hydrogens is 218 g/mol. The maximum atomic E-state index is 9.67. The highest BCUT2D eigenvalue weighted by Crippen LogP contribution is 2.42. The molecule has 0 amide bonds. The van der Waals surface area contributed by atoms with Gasteiger partial charge in [0.25, 0.3) is 0 Å². The lowest BCUT2D eigenvalue weighted by atomic mass is 9.96. The van der Waals surface area contributed by atoms with Gasteiger partial charge in [0.1, 0.15) is 10.8 Å². The summed E-state index contributed by atoms with van der Waals surface area (Å²) in [4.78, 5) is 3.91. The minimum absolute atomic E-state index is 0.359. The number of ether oxygens (including phenoxy) is 2. The molecule has 0 aliphatic carbocycles. The van der Waals surface area contributed by atoms with Gasteiger partial charge in [-0.15, -0.1) is 0 Å². The van der Waals surface area contributed by atoms with Crippen molar-refractivity contribution in [3.8, 4) is 0 Å². The van der Waals surface area contributed by atoms with Crippen LogP contribution in [-0.4, -0.2) is 23.8 Å². The summed E-state index contributed by atoms with van der Waals surface area (Å²) in [7, 11) is 1.59. The molecule has 1 aliphatic heterocycles. The Kier molecular flexibility index (Phi) is 2.68. The maximum Gasteiger partial charge on any atom is 0.184 e. The lowest BCUT2D eigenvalue weighted by molar-refractivity contribution is -0.182.